The Morgan fingerprint density at radius 2 is 2.25 bits per heavy atom. The van der Waals surface area contributed by atoms with Gasteiger partial charge in [-0.1, -0.05) is 0 Å². The summed E-state index contributed by atoms with van der Waals surface area (Å²) in [6.45, 7) is 6.61. The molecule has 1 fully saturated rings. The Kier molecular flexibility index (Phi) is 4.42. The molecule has 0 aliphatic carbocycles. The third-order valence-corrected chi connectivity index (χ3v) is 3.50. The van der Waals surface area contributed by atoms with Gasteiger partial charge in [0.1, 0.15) is 12.1 Å². The molecule has 1 aliphatic heterocycles. The first kappa shape index (κ1) is 14.6. The minimum absolute atomic E-state index is 0.0629. The zero-order chi connectivity index (χ0) is 14.7. The molecule has 1 aromatic rings. The van der Waals surface area contributed by atoms with E-state index in [1.807, 2.05) is 26.8 Å². The molecule has 0 radical (unpaired) electrons. The predicted octanol–water partition coefficient (Wildman–Crippen LogP) is 1.95. The largest absolute Gasteiger partial charge is 0.481 e. The predicted molar refractivity (Wildman–Crippen MR) is 75.0 cm³/mol. The summed E-state index contributed by atoms with van der Waals surface area (Å²) in [6.07, 6.45) is 2.83. The Morgan fingerprint density at radius 1 is 1.50 bits per heavy atom. The molecule has 1 saturated heterocycles. The lowest BCUT2D eigenvalue weighted by molar-refractivity contribution is -0.142. The molecule has 1 N–H and O–H groups in total. The average molecular weight is 279 g/mol. The van der Waals surface area contributed by atoms with Gasteiger partial charge >= 0.3 is 5.97 Å². The third kappa shape index (κ3) is 3.37. The molecule has 2 rings (SSSR count). The van der Waals surface area contributed by atoms with Crippen LogP contribution in [0.4, 0.5) is 5.82 Å². The molecule has 0 amide bonds. The Morgan fingerprint density at radius 3 is 2.85 bits per heavy atom. The maximum atomic E-state index is 11.1. The summed E-state index contributed by atoms with van der Waals surface area (Å²) < 4.78 is 5.57. The van der Waals surface area contributed by atoms with Gasteiger partial charge in [0.2, 0.25) is 5.88 Å². The molecule has 110 valence electrons. The Labute approximate surface area is 118 Å². The molecule has 1 aliphatic rings. The van der Waals surface area contributed by atoms with Gasteiger partial charge < -0.3 is 14.7 Å². The van der Waals surface area contributed by atoms with Crippen LogP contribution in [0.1, 0.15) is 33.6 Å². The van der Waals surface area contributed by atoms with Crippen LogP contribution in [0.15, 0.2) is 12.4 Å². The zero-order valence-electron chi connectivity index (χ0n) is 12.1. The van der Waals surface area contributed by atoms with Crippen LogP contribution < -0.4 is 9.64 Å². The van der Waals surface area contributed by atoms with Crippen LogP contribution in [-0.4, -0.2) is 39.7 Å². The fourth-order valence-corrected chi connectivity index (χ4v) is 2.53. The molecule has 2 unspecified atom stereocenters. The smallest absolute Gasteiger partial charge is 0.306 e. The van der Waals surface area contributed by atoms with E-state index >= 15 is 0 Å². The molecule has 1 aromatic heterocycles. The van der Waals surface area contributed by atoms with Gasteiger partial charge in [0.15, 0.2) is 0 Å². The van der Waals surface area contributed by atoms with E-state index in [4.69, 9.17) is 9.84 Å². The highest BCUT2D eigenvalue weighted by Crippen LogP contribution is 2.28. The molecule has 2 atom stereocenters. The molecule has 20 heavy (non-hydrogen) atoms. The number of carboxylic acids is 1. The Bertz CT molecular complexity index is 478. The summed E-state index contributed by atoms with van der Waals surface area (Å²) >= 11 is 0. The van der Waals surface area contributed by atoms with Gasteiger partial charge in [-0.15, -0.1) is 0 Å². The van der Waals surface area contributed by atoms with Crippen molar-refractivity contribution in [3.05, 3.63) is 12.4 Å². The maximum absolute atomic E-state index is 11.1. The second-order valence-electron chi connectivity index (χ2n) is 5.48. The van der Waals surface area contributed by atoms with E-state index in [2.05, 4.69) is 14.9 Å². The standard InChI is InChI=1S/C14H21N3O3/c1-9(2)20-13-7-12(15-8-16-13)17-5-4-11(14(18)19)6-10(17)3/h7-11H,4-6H2,1-3H3,(H,18,19). The Balaban J connectivity index is 2.10. The van der Waals surface area contributed by atoms with Gasteiger partial charge in [0.25, 0.3) is 0 Å². The maximum Gasteiger partial charge on any atom is 0.306 e. The number of nitrogens with zero attached hydrogens (tertiary/aromatic N) is 3. The fourth-order valence-electron chi connectivity index (χ4n) is 2.53. The number of anilines is 1. The molecule has 0 bridgehead atoms. The number of carboxylic acid groups (broad SMARTS) is 1. The minimum Gasteiger partial charge on any atom is -0.481 e. The molecule has 0 spiro atoms. The van der Waals surface area contributed by atoms with Crippen LogP contribution in [-0.2, 0) is 4.79 Å². The van der Waals surface area contributed by atoms with Crippen molar-refractivity contribution < 1.29 is 14.6 Å². The van der Waals surface area contributed by atoms with Crippen LogP contribution in [0.5, 0.6) is 5.88 Å². The summed E-state index contributed by atoms with van der Waals surface area (Å²) in [7, 11) is 0. The molecule has 0 saturated carbocycles. The zero-order valence-corrected chi connectivity index (χ0v) is 12.1. The molecule has 6 nitrogen and oxygen atoms in total. The van der Waals surface area contributed by atoms with Crippen molar-refractivity contribution in [1.29, 1.82) is 0 Å². The lowest BCUT2D eigenvalue weighted by Gasteiger charge is -2.37. The summed E-state index contributed by atoms with van der Waals surface area (Å²) in [4.78, 5) is 21.5. The number of hydrogen-bond donors (Lipinski definition) is 1. The van der Waals surface area contributed by atoms with Gasteiger partial charge in [-0.25, -0.2) is 9.97 Å². The van der Waals surface area contributed by atoms with Crippen molar-refractivity contribution in [2.24, 2.45) is 5.92 Å². The number of ether oxygens (including phenoxy) is 1. The average Bonchev–Trinajstić information content (AvgIpc) is 2.38. The van der Waals surface area contributed by atoms with Crippen molar-refractivity contribution in [2.75, 3.05) is 11.4 Å². The fraction of sp³-hybridized carbons (Fsp3) is 0.643. The number of aromatic nitrogens is 2. The second kappa shape index (κ2) is 6.07. The highest BCUT2D eigenvalue weighted by atomic mass is 16.5. The van der Waals surface area contributed by atoms with Crippen molar-refractivity contribution in [1.82, 2.24) is 9.97 Å². The minimum atomic E-state index is -0.706. The molecule has 2 heterocycles. The van der Waals surface area contributed by atoms with E-state index < -0.39 is 5.97 Å². The van der Waals surface area contributed by atoms with E-state index in [1.54, 1.807) is 0 Å². The lowest BCUT2D eigenvalue weighted by Crippen LogP contribution is -2.43. The van der Waals surface area contributed by atoms with Gasteiger partial charge in [0, 0.05) is 18.7 Å². The first-order valence-corrected chi connectivity index (χ1v) is 6.95. The number of aliphatic carboxylic acids is 1. The normalized spacial score (nSPS) is 22.9. The summed E-state index contributed by atoms with van der Waals surface area (Å²) in [6, 6.07) is 1.96. The van der Waals surface area contributed by atoms with E-state index in [9.17, 15) is 4.79 Å². The summed E-state index contributed by atoms with van der Waals surface area (Å²) in [5.74, 6) is 0.391. The van der Waals surface area contributed by atoms with Crippen LogP contribution in [0.25, 0.3) is 0 Å². The highest BCUT2D eigenvalue weighted by Gasteiger charge is 2.30. The van der Waals surface area contributed by atoms with Gasteiger partial charge in [-0.05, 0) is 33.6 Å². The first-order chi connectivity index (χ1) is 9.47. The highest BCUT2D eigenvalue weighted by molar-refractivity contribution is 5.70. The molecular weight excluding hydrogens is 258 g/mol. The number of piperidine rings is 1. The van der Waals surface area contributed by atoms with E-state index in [-0.39, 0.29) is 18.1 Å². The van der Waals surface area contributed by atoms with Gasteiger partial charge in [-0.3, -0.25) is 4.79 Å². The summed E-state index contributed by atoms with van der Waals surface area (Å²) in [5.41, 5.74) is 0. The van der Waals surface area contributed by atoms with Gasteiger partial charge in [0.05, 0.1) is 12.0 Å². The second-order valence-corrected chi connectivity index (χ2v) is 5.48. The van der Waals surface area contributed by atoms with Crippen LogP contribution in [0.2, 0.25) is 0 Å². The summed E-state index contributed by atoms with van der Waals surface area (Å²) in [5, 5.41) is 9.09. The SMILES string of the molecule is CC(C)Oc1cc(N2CCC(C(=O)O)CC2C)ncn1. The molecular formula is C14H21N3O3. The molecule has 0 aromatic carbocycles. The van der Waals surface area contributed by atoms with Crippen molar-refractivity contribution in [3.63, 3.8) is 0 Å². The van der Waals surface area contributed by atoms with Crippen molar-refractivity contribution in [2.45, 2.75) is 45.8 Å². The Hall–Kier alpha value is -1.85. The third-order valence-electron chi connectivity index (χ3n) is 3.50. The van der Waals surface area contributed by atoms with Gasteiger partial charge in [-0.2, -0.15) is 0 Å². The van der Waals surface area contributed by atoms with E-state index in [0.29, 0.717) is 25.3 Å². The molecule has 6 heteroatoms. The van der Waals surface area contributed by atoms with E-state index in [1.165, 1.54) is 6.33 Å². The number of carbonyl (C=O) groups is 1. The van der Waals surface area contributed by atoms with Crippen LogP contribution in [0, 0.1) is 5.92 Å². The number of hydrogen-bond acceptors (Lipinski definition) is 5. The monoisotopic (exact) mass is 279 g/mol. The van der Waals surface area contributed by atoms with Crippen LogP contribution in [0.3, 0.4) is 0 Å². The van der Waals surface area contributed by atoms with Crippen molar-refractivity contribution >= 4 is 11.8 Å². The van der Waals surface area contributed by atoms with E-state index in [0.717, 1.165) is 5.82 Å². The topological polar surface area (TPSA) is 75.5 Å². The lowest BCUT2D eigenvalue weighted by atomic mass is 9.92. The van der Waals surface area contributed by atoms with Crippen molar-refractivity contribution in [3.8, 4) is 5.88 Å². The number of rotatable bonds is 4. The quantitative estimate of drug-likeness (QED) is 0.908. The van der Waals surface area contributed by atoms with Crippen LogP contribution >= 0.6 is 0 Å². The first-order valence-electron chi connectivity index (χ1n) is 6.95.